The highest BCUT2D eigenvalue weighted by atomic mass is 32.2. The highest BCUT2D eigenvalue weighted by molar-refractivity contribution is 7.90. The maximum absolute atomic E-state index is 12.0. The van der Waals surface area contributed by atoms with Gasteiger partial charge in [0, 0.05) is 18.7 Å². The number of amidine groups is 1. The van der Waals surface area contributed by atoms with Crippen molar-refractivity contribution in [3.05, 3.63) is 55.1 Å². The SMILES string of the molecule is C=CCN(CC=C)C(=O)COC(=O)CCN=C1NS(=O)(=O)c2ccccc21. The normalized spacial score (nSPS) is 15.5. The summed E-state index contributed by atoms with van der Waals surface area (Å²) in [6.45, 7) is 7.44. The van der Waals surface area contributed by atoms with Crippen LogP contribution in [-0.4, -0.2) is 57.3 Å². The minimum Gasteiger partial charge on any atom is -0.456 e. The van der Waals surface area contributed by atoms with Crippen molar-refractivity contribution in [1.82, 2.24) is 9.62 Å². The first-order valence-electron chi connectivity index (χ1n) is 8.21. The molecule has 1 aliphatic heterocycles. The second-order valence-corrected chi connectivity index (χ2v) is 7.27. The summed E-state index contributed by atoms with van der Waals surface area (Å²) in [6.07, 6.45) is 3.06. The van der Waals surface area contributed by atoms with Gasteiger partial charge in [0.2, 0.25) is 0 Å². The number of aliphatic imine (C=N–C) groups is 1. The number of hydrogen-bond donors (Lipinski definition) is 1. The molecule has 0 saturated carbocycles. The summed E-state index contributed by atoms with van der Waals surface area (Å²) >= 11 is 0. The second kappa shape index (κ2) is 9.13. The molecule has 0 bridgehead atoms. The Morgan fingerprint density at radius 2 is 1.85 bits per heavy atom. The molecule has 1 aromatic rings. The Hall–Kier alpha value is -2.94. The Balaban J connectivity index is 1.86. The van der Waals surface area contributed by atoms with E-state index in [1.165, 1.54) is 11.0 Å². The lowest BCUT2D eigenvalue weighted by Gasteiger charge is -2.18. The summed E-state index contributed by atoms with van der Waals surface area (Å²) in [5, 5.41) is 0. The molecule has 0 fully saturated rings. The minimum absolute atomic E-state index is 0.0300. The lowest BCUT2D eigenvalue weighted by atomic mass is 10.2. The highest BCUT2D eigenvalue weighted by Crippen LogP contribution is 2.22. The second-order valence-electron chi connectivity index (χ2n) is 5.62. The van der Waals surface area contributed by atoms with Gasteiger partial charge in [0.25, 0.3) is 15.9 Å². The summed E-state index contributed by atoms with van der Waals surface area (Å²) in [5.41, 5.74) is 0.463. The Kier molecular flexibility index (Phi) is 6.89. The van der Waals surface area contributed by atoms with Crippen molar-refractivity contribution in [2.45, 2.75) is 11.3 Å². The number of benzene rings is 1. The molecule has 9 heteroatoms. The molecule has 144 valence electrons. The van der Waals surface area contributed by atoms with Crippen molar-refractivity contribution < 1.29 is 22.7 Å². The molecule has 0 saturated heterocycles. The van der Waals surface area contributed by atoms with Crippen molar-refractivity contribution in [2.75, 3.05) is 26.2 Å². The number of sulfonamides is 1. The lowest BCUT2D eigenvalue weighted by molar-refractivity contribution is -0.151. The number of amides is 1. The van der Waals surface area contributed by atoms with E-state index in [0.717, 1.165) is 0 Å². The Morgan fingerprint density at radius 3 is 2.52 bits per heavy atom. The van der Waals surface area contributed by atoms with Gasteiger partial charge >= 0.3 is 5.97 Å². The first kappa shape index (κ1) is 20.4. The van der Waals surface area contributed by atoms with Crippen LogP contribution in [0.15, 0.2) is 59.5 Å². The van der Waals surface area contributed by atoms with E-state index in [9.17, 15) is 18.0 Å². The van der Waals surface area contributed by atoms with Gasteiger partial charge in [0.05, 0.1) is 17.9 Å². The van der Waals surface area contributed by atoms with Crippen LogP contribution in [0.4, 0.5) is 0 Å². The summed E-state index contributed by atoms with van der Waals surface area (Å²) in [4.78, 5) is 29.5. The van der Waals surface area contributed by atoms with Crippen LogP contribution in [0.5, 0.6) is 0 Å². The largest absolute Gasteiger partial charge is 0.456 e. The predicted molar refractivity (Wildman–Crippen MR) is 101 cm³/mol. The molecule has 1 aromatic carbocycles. The number of hydrogen-bond acceptors (Lipinski definition) is 6. The first-order valence-corrected chi connectivity index (χ1v) is 9.69. The van der Waals surface area contributed by atoms with Crippen LogP contribution in [0, 0.1) is 0 Å². The predicted octanol–water partition coefficient (Wildman–Crippen LogP) is 0.859. The standard InChI is InChI=1S/C18H21N3O5S/c1-3-11-21(12-4-2)16(22)13-26-17(23)9-10-19-18-14-7-5-6-8-15(14)27(24,25)20-18/h3-8H,1-2,9-13H2,(H,19,20). The maximum Gasteiger partial charge on any atom is 0.308 e. The van der Waals surface area contributed by atoms with E-state index in [4.69, 9.17) is 4.74 Å². The molecular formula is C18H21N3O5S. The molecule has 2 rings (SSSR count). The van der Waals surface area contributed by atoms with E-state index >= 15 is 0 Å². The van der Waals surface area contributed by atoms with Crippen LogP contribution in [0.3, 0.4) is 0 Å². The molecule has 0 unspecified atom stereocenters. The van der Waals surface area contributed by atoms with Gasteiger partial charge in [-0.05, 0) is 12.1 Å². The van der Waals surface area contributed by atoms with Crippen molar-refractivity contribution in [3.8, 4) is 0 Å². The van der Waals surface area contributed by atoms with Gasteiger partial charge in [-0.1, -0.05) is 24.3 Å². The topological polar surface area (TPSA) is 105 Å². The number of rotatable bonds is 9. The molecular weight excluding hydrogens is 370 g/mol. The molecule has 27 heavy (non-hydrogen) atoms. The molecule has 0 aliphatic carbocycles. The van der Waals surface area contributed by atoms with Gasteiger partial charge in [0.1, 0.15) is 5.84 Å². The van der Waals surface area contributed by atoms with Crippen molar-refractivity contribution in [2.24, 2.45) is 4.99 Å². The fourth-order valence-corrected chi connectivity index (χ4v) is 3.66. The molecule has 0 spiro atoms. The van der Waals surface area contributed by atoms with Gasteiger partial charge in [-0.2, -0.15) is 0 Å². The fourth-order valence-electron chi connectivity index (χ4n) is 2.41. The Labute approximate surface area is 158 Å². The number of fused-ring (bicyclic) bond motifs is 1. The van der Waals surface area contributed by atoms with Crippen molar-refractivity contribution in [1.29, 1.82) is 0 Å². The number of carbonyl (C=O) groups excluding carboxylic acids is 2. The third kappa shape index (κ3) is 5.27. The molecule has 1 heterocycles. The monoisotopic (exact) mass is 391 g/mol. The summed E-state index contributed by atoms with van der Waals surface area (Å²) < 4.78 is 31.2. The van der Waals surface area contributed by atoms with E-state index in [1.54, 1.807) is 30.4 Å². The molecule has 8 nitrogen and oxygen atoms in total. The summed E-state index contributed by atoms with van der Waals surface area (Å²) in [6, 6.07) is 6.45. The van der Waals surface area contributed by atoms with Crippen LogP contribution in [0.1, 0.15) is 12.0 Å². The van der Waals surface area contributed by atoms with E-state index in [1.807, 2.05) is 0 Å². The molecule has 0 aromatic heterocycles. The van der Waals surface area contributed by atoms with Crippen molar-refractivity contribution >= 4 is 27.7 Å². The third-order valence-corrected chi connectivity index (χ3v) is 5.05. The quantitative estimate of drug-likeness (QED) is 0.496. The van der Waals surface area contributed by atoms with Crippen LogP contribution in [-0.2, 0) is 24.3 Å². The van der Waals surface area contributed by atoms with E-state index in [2.05, 4.69) is 22.9 Å². The van der Waals surface area contributed by atoms with Gasteiger partial charge < -0.3 is 9.64 Å². The van der Waals surface area contributed by atoms with Crippen LogP contribution in [0.25, 0.3) is 0 Å². The minimum atomic E-state index is -3.61. The molecule has 0 atom stereocenters. The highest BCUT2D eigenvalue weighted by Gasteiger charge is 2.29. The molecule has 0 radical (unpaired) electrons. The van der Waals surface area contributed by atoms with E-state index in [0.29, 0.717) is 18.7 Å². The number of nitrogens with zero attached hydrogens (tertiary/aromatic N) is 2. The van der Waals surface area contributed by atoms with Gasteiger partial charge in [0.15, 0.2) is 6.61 Å². The first-order chi connectivity index (χ1) is 12.9. The smallest absolute Gasteiger partial charge is 0.308 e. The number of carbonyl (C=O) groups is 2. The average Bonchev–Trinajstić information content (AvgIpc) is 2.90. The Bertz CT molecular complexity index is 867. The average molecular weight is 391 g/mol. The van der Waals surface area contributed by atoms with E-state index in [-0.39, 0.29) is 36.2 Å². The zero-order valence-electron chi connectivity index (χ0n) is 14.8. The zero-order valence-corrected chi connectivity index (χ0v) is 15.6. The number of esters is 1. The van der Waals surface area contributed by atoms with E-state index < -0.39 is 16.0 Å². The van der Waals surface area contributed by atoms with Gasteiger partial charge in [-0.3, -0.25) is 19.3 Å². The number of ether oxygens (including phenoxy) is 1. The molecule has 1 aliphatic rings. The molecule has 1 amide bonds. The zero-order chi connectivity index (χ0) is 19.9. The van der Waals surface area contributed by atoms with Crippen LogP contribution < -0.4 is 4.72 Å². The lowest BCUT2D eigenvalue weighted by Crippen LogP contribution is -2.35. The van der Waals surface area contributed by atoms with Crippen LogP contribution in [0.2, 0.25) is 0 Å². The third-order valence-electron chi connectivity index (χ3n) is 3.66. The van der Waals surface area contributed by atoms with Gasteiger partial charge in [-0.25, -0.2) is 8.42 Å². The van der Waals surface area contributed by atoms with Crippen LogP contribution >= 0.6 is 0 Å². The summed E-state index contributed by atoms with van der Waals surface area (Å²) in [7, 11) is -3.61. The molecule has 1 N–H and O–H groups in total. The summed E-state index contributed by atoms with van der Waals surface area (Å²) in [5.74, 6) is -0.761. The van der Waals surface area contributed by atoms with Gasteiger partial charge in [-0.15, -0.1) is 13.2 Å². The maximum atomic E-state index is 12.0. The Morgan fingerprint density at radius 1 is 1.19 bits per heavy atom. The fraction of sp³-hybridized carbons (Fsp3) is 0.278. The number of nitrogens with one attached hydrogen (secondary N) is 1. The van der Waals surface area contributed by atoms with Crippen molar-refractivity contribution in [3.63, 3.8) is 0 Å².